The van der Waals surface area contributed by atoms with E-state index in [-0.39, 0.29) is 16.9 Å². The Kier molecular flexibility index (Phi) is 6.15. The van der Waals surface area contributed by atoms with E-state index in [4.69, 9.17) is 9.47 Å². The van der Waals surface area contributed by atoms with E-state index in [2.05, 4.69) is 5.32 Å². The Hall–Kier alpha value is -2.85. The van der Waals surface area contributed by atoms with Crippen molar-refractivity contribution >= 4 is 17.5 Å². The fourth-order valence-corrected chi connectivity index (χ4v) is 3.81. The molecule has 2 aliphatic heterocycles. The molecule has 1 aromatic carbocycles. The van der Waals surface area contributed by atoms with E-state index in [1.54, 1.807) is 24.3 Å². The monoisotopic (exact) mass is 431 g/mol. The molecular weight excluding hydrogens is 406 g/mol. The van der Waals surface area contributed by atoms with Crippen molar-refractivity contribution in [3.8, 4) is 0 Å². The van der Waals surface area contributed by atoms with E-state index in [1.165, 1.54) is 25.1 Å². The van der Waals surface area contributed by atoms with Crippen molar-refractivity contribution in [3.05, 3.63) is 59.4 Å². The average Bonchev–Trinajstić information content (AvgIpc) is 3.18. The lowest BCUT2D eigenvalue weighted by Gasteiger charge is -2.32. The van der Waals surface area contributed by atoms with Gasteiger partial charge in [0.1, 0.15) is 18.0 Å². The average molecular weight is 431 g/mol. The van der Waals surface area contributed by atoms with E-state index in [1.807, 2.05) is 6.92 Å². The second-order valence-corrected chi connectivity index (χ2v) is 7.42. The zero-order chi connectivity index (χ0) is 23.0. The van der Waals surface area contributed by atoms with Gasteiger partial charge in [0.25, 0.3) is 11.5 Å². The first-order chi connectivity index (χ1) is 14.7. The molecule has 0 aromatic heterocycles. The number of ether oxygens (including phenoxy) is 2. The molecule has 1 saturated heterocycles. The number of allylic oxidation sites excluding steroid dienone is 1. The summed E-state index contributed by atoms with van der Waals surface area (Å²) in [6, 6.07) is 7.82. The second-order valence-electron chi connectivity index (χ2n) is 7.42. The molecule has 1 aromatic rings. The molecule has 1 spiro atoms. The Labute approximate surface area is 179 Å². The number of aliphatic hydroxyl groups is 3. The van der Waals surface area contributed by atoms with Crippen molar-refractivity contribution in [2.75, 3.05) is 7.11 Å². The fraction of sp³-hybridized carbons (Fsp3) is 0.409. The van der Waals surface area contributed by atoms with Crippen LogP contribution in [-0.2, 0) is 19.1 Å². The maximum absolute atomic E-state index is 13.1. The van der Waals surface area contributed by atoms with Crippen LogP contribution >= 0.6 is 0 Å². The van der Waals surface area contributed by atoms with E-state index in [0.29, 0.717) is 6.42 Å². The van der Waals surface area contributed by atoms with Crippen LogP contribution < -0.4 is 5.32 Å². The van der Waals surface area contributed by atoms with Crippen molar-refractivity contribution in [3.63, 3.8) is 0 Å². The maximum Gasteiger partial charge on any atom is 0.278 e. The molecule has 5 atom stereocenters. The SMILES string of the molecule is CC/C=C\[C@H](O)[C@H](O)C1=C(C)C(=O)[C@@]2(O1)C(=O)N[C@@](OC)(C(=O)c1ccccc1)[C@@H]2O. The number of ketones is 2. The number of methoxy groups -OCH3 is 1. The molecule has 0 unspecified atom stereocenters. The quantitative estimate of drug-likeness (QED) is 0.269. The molecule has 2 heterocycles. The van der Waals surface area contributed by atoms with Gasteiger partial charge in [0.05, 0.1) is 0 Å². The number of nitrogens with one attached hydrogen (secondary N) is 1. The highest BCUT2D eigenvalue weighted by Crippen LogP contribution is 2.44. The Morgan fingerprint density at radius 1 is 1.29 bits per heavy atom. The molecule has 2 aliphatic rings. The number of carbonyl (C=O) groups is 3. The van der Waals surface area contributed by atoms with Gasteiger partial charge < -0.3 is 30.1 Å². The predicted octanol–water partition coefficient (Wildman–Crippen LogP) is 0.00280. The first-order valence-corrected chi connectivity index (χ1v) is 9.80. The van der Waals surface area contributed by atoms with Crippen LogP contribution in [0.3, 0.4) is 0 Å². The lowest BCUT2D eigenvalue weighted by molar-refractivity contribution is -0.163. The highest BCUT2D eigenvalue weighted by atomic mass is 16.6. The highest BCUT2D eigenvalue weighted by molar-refractivity contribution is 6.23. The molecule has 1 amide bonds. The predicted molar refractivity (Wildman–Crippen MR) is 108 cm³/mol. The molecule has 4 N–H and O–H groups in total. The zero-order valence-corrected chi connectivity index (χ0v) is 17.4. The van der Waals surface area contributed by atoms with Crippen LogP contribution in [0.1, 0.15) is 30.6 Å². The Balaban J connectivity index is 1.99. The van der Waals surface area contributed by atoms with Crippen molar-refractivity contribution in [2.24, 2.45) is 0 Å². The Bertz CT molecular complexity index is 956. The normalized spacial score (nSPS) is 30.1. The van der Waals surface area contributed by atoms with Crippen molar-refractivity contribution in [2.45, 2.75) is 49.9 Å². The van der Waals surface area contributed by atoms with E-state index in [9.17, 15) is 29.7 Å². The molecule has 9 nitrogen and oxygen atoms in total. The summed E-state index contributed by atoms with van der Waals surface area (Å²) in [6.07, 6.45) is -1.60. The van der Waals surface area contributed by atoms with Crippen molar-refractivity contribution in [1.29, 1.82) is 0 Å². The van der Waals surface area contributed by atoms with Gasteiger partial charge in [0.15, 0.2) is 6.10 Å². The third-order valence-corrected chi connectivity index (χ3v) is 5.58. The van der Waals surface area contributed by atoms with Gasteiger partial charge in [-0.15, -0.1) is 0 Å². The Morgan fingerprint density at radius 2 is 1.94 bits per heavy atom. The van der Waals surface area contributed by atoms with Crippen LogP contribution in [0.15, 0.2) is 53.8 Å². The van der Waals surface area contributed by atoms with E-state index >= 15 is 0 Å². The molecular formula is C22H25NO8. The first kappa shape index (κ1) is 22.8. The molecule has 166 valence electrons. The van der Waals surface area contributed by atoms with Gasteiger partial charge in [-0.3, -0.25) is 14.4 Å². The van der Waals surface area contributed by atoms with Gasteiger partial charge in [-0.05, 0) is 13.3 Å². The largest absolute Gasteiger partial charge is 0.467 e. The number of hydrogen-bond acceptors (Lipinski definition) is 8. The molecule has 1 fully saturated rings. The number of Topliss-reactive ketones (excluding diaryl/α,β-unsaturated/α-hetero) is 2. The summed E-state index contributed by atoms with van der Waals surface area (Å²) in [4.78, 5) is 39.2. The van der Waals surface area contributed by atoms with Gasteiger partial charge in [0.2, 0.25) is 17.3 Å². The summed E-state index contributed by atoms with van der Waals surface area (Å²) < 4.78 is 10.8. The molecule has 0 radical (unpaired) electrons. The van der Waals surface area contributed by atoms with Gasteiger partial charge in [-0.2, -0.15) is 0 Å². The summed E-state index contributed by atoms with van der Waals surface area (Å²) in [5.41, 5.74) is -4.83. The number of rotatable bonds is 7. The minimum Gasteiger partial charge on any atom is -0.467 e. The number of benzene rings is 1. The van der Waals surface area contributed by atoms with Gasteiger partial charge in [-0.1, -0.05) is 49.4 Å². The van der Waals surface area contributed by atoms with Crippen LogP contribution in [0.2, 0.25) is 0 Å². The molecule has 9 heteroatoms. The molecule has 31 heavy (non-hydrogen) atoms. The third-order valence-electron chi connectivity index (χ3n) is 5.58. The fourth-order valence-electron chi connectivity index (χ4n) is 3.81. The van der Waals surface area contributed by atoms with Gasteiger partial charge in [0, 0.05) is 18.2 Å². The van der Waals surface area contributed by atoms with Crippen molar-refractivity contribution < 1.29 is 39.2 Å². The van der Waals surface area contributed by atoms with Gasteiger partial charge in [-0.25, -0.2) is 0 Å². The summed E-state index contributed by atoms with van der Waals surface area (Å²) in [5, 5.41) is 34.0. The maximum atomic E-state index is 13.1. The van der Waals surface area contributed by atoms with Gasteiger partial charge >= 0.3 is 0 Å². The topological polar surface area (TPSA) is 142 Å². The third kappa shape index (κ3) is 3.30. The van der Waals surface area contributed by atoms with Crippen LogP contribution in [0.5, 0.6) is 0 Å². The smallest absolute Gasteiger partial charge is 0.278 e. The first-order valence-electron chi connectivity index (χ1n) is 9.80. The lowest BCUT2D eigenvalue weighted by Crippen LogP contribution is -2.60. The number of carbonyl (C=O) groups excluding carboxylic acids is 3. The minimum absolute atomic E-state index is 0.135. The minimum atomic E-state index is -2.53. The summed E-state index contributed by atoms with van der Waals surface area (Å²) in [7, 11) is 1.11. The van der Waals surface area contributed by atoms with E-state index < -0.39 is 47.1 Å². The number of amides is 1. The summed E-state index contributed by atoms with van der Waals surface area (Å²) in [6.45, 7) is 3.13. The highest BCUT2D eigenvalue weighted by Gasteiger charge is 2.74. The summed E-state index contributed by atoms with van der Waals surface area (Å²) in [5.74, 6) is -3.15. The van der Waals surface area contributed by atoms with E-state index in [0.717, 1.165) is 7.11 Å². The summed E-state index contributed by atoms with van der Waals surface area (Å²) >= 11 is 0. The molecule has 3 rings (SSSR count). The molecule has 0 aliphatic carbocycles. The standard InChI is InChI=1S/C22H25NO8/c1-4-5-11-14(24)15(25)16-12(2)17(26)21(31-16)19(28)22(30-3,23-20(21)29)18(27)13-9-7-6-8-10-13/h5-11,14-15,19,24-25,28H,4H2,1-3H3,(H,23,29)/b11-5-/t14-,15-,19+,21-,22+/m0/s1. The lowest BCUT2D eigenvalue weighted by atomic mass is 9.85. The Morgan fingerprint density at radius 3 is 2.52 bits per heavy atom. The van der Waals surface area contributed by atoms with Crippen LogP contribution in [-0.4, -0.2) is 69.5 Å². The molecule has 0 saturated carbocycles. The van der Waals surface area contributed by atoms with Crippen LogP contribution in [0, 0.1) is 0 Å². The molecule has 0 bridgehead atoms. The number of hydrogen-bond donors (Lipinski definition) is 4. The van der Waals surface area contributed by atoms with Crippen LogP contribution in [0.4, 0.5) is 0 Å². The number of aliphatic hydroxyl groups excluding tert-OH is 3. The van der Waals surface area contributed by atoms with Crippen molar-refractivity contribution in [1.82, 2.24) is 5.32 Å². The zero-order valence-electron chi connectivity index (χ0n) is 17.4. The van der Waals surface area contributed by atoms with Crippen LogP contribution in [0.25, 0.3) is 0 Å². The second kappa shape index (κ2) is 8.35.